The first-order chi connectivity index (χ1) is 7.29. The maximum atomic E-state index is 11.0. The topological polar surface area (TPSA) is 37.3 Å². The average Bonchev–Trinajstić information content (AvgIpc) is 2.67. The van der Waals surface area contributed by atoms with Gasteiger partial charge in [-0.15, -0.1) is 0 Å². The molecule has 0 aliphatic heterocycles. The Labute approximate surface area is 95.5 Å². The van der Waals surface area contributed by atoms with E-state index in [1.807, 2.05) is 29.6 Å². The Morgan fingerprint density at radius 2 is 1.93 bits per heavy atom. The van der Waals surface area contributed by atoms with Gasteiger partial charge < -0.3 is 5.11 Å². The van der Waals surface area contributed by atoms with Gasteiger partial charge in [-0.2, -0.15) is 0 Å². The van der Waals surface area contributed by atoms with Gasteiger partial charge in [-0.05, 0) is 17.5 Å². The first-order valence-electron chi connectivity index (χ1n) is 4.58. The van der Waals surface area contributed by atoms with Gasteiger partial charge in [-0.25, -0.2) is 0 Å². The zero-order chi connectivity index (χ0) is 10.7. The Balaban J connectivity index is 2.27. The van der Waals surface area contributed by atoms with E-state index in [0.717, 1.165) is 16.0 Å². The summed E-state index contributed by atoms with van der Waals surface area (Å²) < 4.78 is 0.129. The van der Waals surface area contributed by atoms with Gasteiger partial charge in [0.05, 0.1) is 0 Å². The largest absolute Gasteiger partial charge is 0.396 e. The van der Waals surface area contributed by atoms with E-state index in [0.29, 0.717) is 6.42 Å². The van der Waals surface area contributed by atoms with Crippen molar-refractivity contribution in [2.45, 2.75) is 6.42 Å². The molecule has 0 spiro atoms. The highest BCUT2D eigenvalue weighted by Crippen LogP contribution is 2.23. The Bertz CT molecular complexity index is 482. The van der Waals surface area contributed by atoms with Gasteiger partial charge in [0.2, 0.25) is 0 Å². The van der Waals surface area contributed by atoms with Crippen molar-refractivity contribution in [3.05, 3.63) is 44.1 Å². The fraction of sp³-hybridized carbons (Fsp3) is 0.182. The van der Waals surface area contributed by atoms with Crippen molar-refractivity contribution in [1.29, 1.82) is 0 Å². The third kappa shape index (κ3) is 2.53. The van der Waals surface area contributed by atoms with E-state index in [4.69, 9.17) is 5.11 Å². The van der Waals surface area contributed by atoms with E-state index in [1.165, 1.54) is 22.7 Å². The summed E-state index contributed by atoms with van der Waals surface area (Å²) in [5.41, 5.74) is 2.18. The number of hydrogen-bond acceptors (Lipinski definition) is 4. The first-order valence-corrected chi connectivity index (χ1v) is 6.28. The molecular formula is C11H10O2S2. The van der Waals surface area contributed by atoms with Crippen molar-refractivity contribution in [1.82, 2.24) is 0 Å². The molecule has 0 bridgehead atoms. The maximum absolute atomic E-state index is 11.0. The molecule has 0 amide bonds. The summed E-state index contributed by atoms with van der Waals surface area (Å²) in [5, 5.41) is 10.7. The van der Waals surface area contributed by atoms with Crippen LogP contribution >= 0.6 is 22.7 Å². The zero-order valence-corrected chi connectivity index (χ0v) is 9.61. The van der Waals surface area contributed by atoms with E-state index >= 15 is 0 Å². The molecule has 0 unspecified atom stereocenters. The minimum absolute atomic E-state index is 0.129. The molecule has 0 saturated heterocycles. The molecule has 15 heavy (non-hydrogen) atoms. The summed E-state index contributed by atoms with van der Waals surface area (Å²) in [4.78, 5) is 12.1. The van der Waals surface area contributed by atoms with Gasteiger partial charge in [0.1, 0.15) is 0 Å². The minimum atomic E-state index is 0.129. The Hall–Kier alpha value is -0.970. The van der Waals surface area contributed by atoms with E-state index in [-0.39, 0.29) is 10.7 Å². The Kier molecular flexibility index (Phi) is 3.30. The predicted octanol–water partition coefficient (Wildman–Crippen LogP) is 2.37. The normalized spacial score (nSPS) is 10.5. The number of benzene rings is 1. The smallest absolute Gasteiger partial charge is 0.287 e. The molecule has 78 valence electrons. The second-order valence-electron chi connectivity index (χ2n) is 3.12. The number of aliphatic hydroxyl groups excluding tert-OH is 1. The SMILES string of the molecule is O=c1scc(-c2ccc(CCO)cc2)s1. The summed E-state index contributed by atoms with van der Waals surface area (Å²) in [5.74, 6) is 0. The van der Waals surface area contributed by atoms with Crippen molar-refractivity contribution in [2.75, 3.05) is 6.61 Å². The summed E-state index contributed by atoms with van der Waals surface area (Å²) >= 11 is 2.51. The number of hydrogen-bond donors (Lipinski definition) is 1. The van der Waals surface area contributed by atoms with Crippen LogP contribution in [0.4, 0.5) is 0 Å². The summed E-state index contributed by atoms with van der Waals surface area (Å²) in [6, 6.07) is 7.95. The highest BCUT2D eigenvalue weighted by Gasteiger charge is 2.01. The van der Waals surface area contributed by atoms with Crippen molar-refractivity contribution in [3.63, 3.8) is 0 Å². The number of aliphatic hydroxyl groups is 1. The van der Waals surface area contributed by atoms with Gasteiger partial charge in [-0.1, -0.05) is 46.9 Å². The van der Waals surface area contributed by atoms with Crippen LogP contribution in [0.15, 0.2) is 34.4 Å². The molecule has 4 heteroatoms. The molecule has 0 radical (unpaired) electrons. The Morgan fingerprint density at radius 3 is 2.47 bits per heavy atom. The van der Waals surface area contributed by atoms with E-state index in [9.17, 15) is 4.79 Å². The summed E-state index contributed by atoms with van der Waals surface area (Å²) in [6.45, 7) is 0.172. The van der Waals surface area contributed by atoms with Crippen LogP contribution < -0.4 is 4.06 Å². The van der Waals surface area contributed by atoms with Gasteiger partial charge >= 0.3 is 0 Å². The van der Waals surface area contributed by atoms with Crippen LogP contribution in [0.25, 0.3) is 10.4 Å². The van der Waals surface area contributed by atoms with E-state index < -0.39 is 0 Å². The average molecular weight is 238 g/mol. The number of rotatable bonds is 3. The molecule has 1 N–H and O–H groups in total. The molecule has 0 aliphatic rings. The van der Waals surface area contributed by atoms with Crippen LogP contribution in [0.3, 0.4) is 0 Å². The third-order valence-electron chi connectivity index (χ3n) is 2.09. The fourth-order valence-electron chi connectivity index (χ4n) is 1.33. The second kappa shape index (κ2) is 4.70. The molecule has 2 aromatic rings. The second-order valence-corrected chi connectivity index (χ2v) is 5.24. The lowest BCUT2D eigenvalue weighted by Gasteiger charge is -1.99. The maximum Gasteiger partial charge on any atom is 0.287 e. The molecule has 2 nitrogen and oxygen atoms in total. The third-order valence-corrected chi connectivity index (χ3v) is 4.07. The van der Waals surface area contributed by atoms with Gasteiger partial charge in [-0.3, -0.25) is 4.79 Å². The highest BCUT2D eigenvalue weighted by atomic mass is 32.2. The molecule has 1 heterocycles. The fourth-order valence-corrected chi connectivity index (χ4v) is 3.05. The lowest BCUT2D eigenvalue weighted by atomic mass is 10.1. The molecule has 2 rings (SSSR count). The van der Waals surface area contributed by atoms with Crippen LogP contribution in [-0.2, 0) is 6.42 Å². The van der Waals surface area contributed by atoms with Crippen molar-refractivity contribution in [2.24, 2.45) is 0 Å². The lowest BCUT2D eigenvalue weighted by molar-refractivity contribution is 0.299. The van der Waals surface area contributed by atoms with Gasteiger partial charge in [0, 0.05) is 16.9 Å². The molecule has 0 fully saturated rings. The monoisotopic (exact) mass is 238 g/mol. The van der Waals surface area contributed by atoms with Crippen LogP contribution in [0.2, 0.25) is 0 Å². The van der Waals surface area contributed by atoms with Crippen molar-refractivity contribution >= 4 is 22.7 Å². The molecule has 0 aliphatic carbocycles. The van der Waals surface area contributed by atoms with Crippen LogP contribution in [0.1, 0.15) is 5.56 Å². The van der Waals surface area contributed by atoms with E-state index in [2.05, 4.69) is 0 Å². The highest BCUT2D eigenvalue weighted by molar-refractivity contribution is 7.28. The van der Waals surface area contributed by atoms with Crippen molar-refractivity contribution < 1.29 is 5.11 Å². The first kappa shape index (κ1) is 10.5. The van der Waals surface area contributed by atoms with Gasteiger partial charge in [0.25, 0.3) is 4.06 Å². The molecule has 1 aromatic heterocycles. The molecule has 0 saturated carbocycles. The molecule has 0 atom stereocenters. The summed E-state index contributed by atoms with van der Waals surface area (Å²) in [6.07, 6.45) is 0.681. The quantitative estimate of drug-likeness (QED) is 0.891. The zero-order valence-electron chi connectivity index (χ0n) is 7.97. The lowest BCUT2D eigenvalue weighted by Crippen LogP contribution is -1.89. The van der Waals surface area contributed by atoms with Crippen LogP contribution in [0, 0.1) is 0 Å². The predicted molar refractivity (Wildman–Crippen MR) is 64.7 cm³/mol. The van der Waals surface area contributed by atoms with Gasteiger partial charge in [0.15, 0.2) is 0 Å². The van der Waals surface area contributed by atoms with E-state index in [1.54, 1.807) is 0 Å². The minimum Gasteiger partial charge on any atom is -0.396 e. The van der Waals surface area contributed by atoms with Crippen LogP contribution in [-0.4, -0.2) is 11.7 Å². The Morgan fingerprint density at radius 1 is 1.20 bits per heavy atom. The standard InChI is InChI=1S/C11H10O2S2/c12-6-5-8-1-3-9(4-2-8)10-7-14-11(13)15-10/h1-4,7,12H,5-6H2. The molecular weight excluding hydrogens is 228 g/mol. The van der Waals surface area contributed by atoms with Crippen molar-refractivity contribution in [3.8, 4) is 10.4 Å². The summed E-state index contributed by atoms with van der Waals surface area (Å²) in [7, 11) is 0. The van der Waals surface area contributed by atoms with Crippen LogP contribution in [0.5, 0.6) is 0 Å². The molecule has 1 aromatic carbocycles.